The molecule has 4 rings (SSSR count). The van der Waals surface area contributed by atoms with Gasteiger partial charge in [-0.2, -0.15) is 4.80 Å². The summed E-state index contributed by atoms with van der Waals surface area (Å²) >= 11 is 0. The Bertz CT molecular complexity index is 1160. The molecule has 0 unspecified atom stereocenters. The molecule has 0 fully saturated rings. The molecule has 0 saturated carbocycles. The second kappa shape index (κ2) is 8.32. The van der Waals surface area contributed by atoms with Crippen molar-refractivity contribution in [3.63, 3.8) is 0 Å². The zero-order chi connectivity index (χ0) is 21.1. The van der Waals surface area contributed by atoms with Gasteiger partial charge in [0.15, 0.2) is 0 Å². The summed E-state index contributed by atoms with van der Waals surface area (Å²) in [7, 11) is 0. The van der Waals surface area contributed by atoms with Crippen LogP contribution in [0.1, 0.15) is 29.8 Å². The fourth-order valence-electron chi connectivity index (χ4n) is 3.40. The van der Waals surface area contributed by atoms with Crippen molar-refractivity contribution >= 4 is 28.3 Å². The molecule has 0 saturated heterocycles. The van der Waals surface area contributed by atoms with E-state index in [1.807, 2.05) is 31.2 Å². The highest BCUT2D eigenvalue weighted by atomic mass is 16.1. The Balaban J connectivity index is 1.61. The van der Waals surface area contributed by atoms with Crippen LogP contribution in [0.15, 0.2) is 60.9 Å². The summed E-state index contributed by atoms with van der Waals surface area (Å²) in [6.07, 6.45) is 3.20. The molecule has 0 aliphatic heterocycles. The van der Waals surface area contributed by atoms with Gasteiger partial charge < -0.3 is 10.2 Å². The number of nitrogens with one attached hydrogen (secondary N) is 1. The van der Waals surface area contributed by atoms with Gasteiger partial charge in [-0.1, -0.05) is 0 Å². The van der Waals surface area contributed by atoms with Crippen molar-refractivity contribution in [1.29, 1.82) is 0 Å². The lowest BCUT2D eigenvalue weighted by atomic mass is 10.1. The number of hydrogen-bond acceptors (Lipinski definition) is 5. The number of pyridine rings is 1. The predicted molar refractivity (Wildman–Crippen MR) is 119 cm³/mol. The fraction of sp³-hybridized carbons (Fsp3) is 0.217. The van der Waals surface area contributed by atoms with E-state index in [2.05, 4.69) is 51.4 Å². The van der Waals surface area contributed by atoms with Crippen LogP contribution in [0.5, 0.6) is 0 Å². The number of rotatable bonds is 6. The standard InChI is InChI=1S/C23H24N6O/c1-4-28(5-2)18-6-8-19(9-7-18)29-26-21-14-16(3)20(15-22(21)27-29)25-23(30)17-10-12-24-13-11-17/h6-15H,4-5H2,1-3H3,(H,25,30). The fourth-order valence-corrected chi connectivity index (χ4v) is 3.40. The molecule has 0 aliphatic rings. The molecule has 0 radical (unpaired) electrons. The van der Waals surface area contributed by atoms with Crippen molar-refractivity contribution in [3.05, 3.63) is 72.1 Å². The molecule has 7 nitrogen and oxygen atoms in total. The predicted octanol–water partition coefficient (Wildman–Crippen LogP) is 4.22. The van der Waals surface area contributed by atoms with Crippen molar-refractivity contribution in [1.82, 2.24) is 20.0 Å². The molecule has 30 heavy (non-hydrogen) atoms. The number of carbonyl (C=O) groups excluding carboxylic acids is 1. The molecule has 0 spiro atoms. The van der Waals surface area contributed by atoms with Gasteiger partial charge in [0.25, 0.3) is 5.91 Å². The SMILES string of the molecule is CCN(CC)c1ccc(-n2nc3cc(C)c(NC(=O)c4ccncc4)cc3n2)cc1. The minimum Gasteiger partial charge on any atom is -0.372 e. The van der Waals surface area contributed by atoms with E-state index in [1.165, 1.54) is 5.69 Å². The van der Waals surface area contributed by atoms with Gasteiger partial charge in [-0.3, -0.25) is 9.78 Å². The van der Waals surface area contributed by atoms with Crippen LogP contribution >= 0.6 is 0 Å². The van der Waals surface area contributed by atoms with Gasteiger partial charge in [-0.15, -0.1) is 10.2 Å². The van der Waals surface area contributed by atoms with Crippen molar-refractivity contribution in [2.45, 2.75) is 20.8 Å². The molecule has 1 amide bonds. The largest absolute Gasteiger partial charge is 0.372 e. The maximum Gasteiger partial charge on any atom is 0.255 e. The maximum atomic E-state index is 12.5. The monoisotopic (exact) mass is 400 g/mol. The zero-order valence-electron chi connectivity index (χ0n) is 17.3. The van der Waals surface area contributed by atoms with Crippen LogP contribution in [-0.4, -0.2) is 39.0 Å². The summed E-state index contributed by atoms with van der Waals surface area (Å²) in [6, 6.07) is 15.4. The number of carbonyl (C=O) groups is 1. The molecule has 0 bridgehead atoms. The van der Waals surface area contributed by atoms with Crippen LogP contribution < -0.4 is 10.2 Å². The molecule has 2 heterocycles. The highest BCUT2D eigenvalue weighted by molar-refractivity contribution is 6.05. The van der Waals surface area contributed by atoms with Crippen LogP contribution in [0.4, 0.5) is 11.4 Å². The van der Waals surface area contributed by atoms with Crippen LogP contribution in [0.3, 0.4) is 0 Å². The normalized spacial score (nSPS) is 10.9. The average molecular weight is 400 g/mol. The highest BCUT2D eigenvalue weighted by Gasteiger charge is 2.12. The Hall–Kier alpha value is -3.74. The number of amides is 1. The molecule has 2 aromatic carbocycles. The smallest absolute Gasteiger partial charge is 0.255 e. The summed E-state index contributed by atoms with van der Waals surface area (Å²) in [5.74, 6) is -0.181. The molecular weight excluding hydrogens is 376 g/mol. The van der Waals surface area contributed by atoms with Crippen LogP contribution in [0.25, 0.3) is 16.7 Å². The molecule has 0 aliphatic carbocycles. The third kappa shape index (κ3) is 3.87. The first-order valence-electron chi connectivity index (χ1n) is 10.0. The Labute approximate surface area is 175 Å². The second-order valence-corrected chi connectivity index (χ2v) is 7.02. The molecule has 2 aromatic heterocycles. The van der Waals surface area contributed by atoms with Crippen LogP contribution in [0.2, 0.25) is 0 Å². The van der Waals surface area contributed by atoms with E-state index in [1.54, 1.807) is 29.3 Å². The van der Waals surface area contributed by atoms with Crippen molar-refractivity contribution in [3.8, 4) is 5.69 Å². The number of hydrogen-bond donors (Lipinski definition) is 1. The number of nitrogens with zero attached hydrogens (tertiary/aromatic N) is 5. The minimum absolute atomic E-state index is 0.181. The first-order valence-corrected chi connectivity index (χ1v) is 10.0. The van der Waals surface area contributed by atoms with E-state index in [-0.39, 0.29) is 5.91 Å². The summed E-state index contributed by atoms with van der Waals surface area (Å²) in [5, 5.41) is 12.2. The van der Waals surface area contributed by atoms with Gasteiger partial charge in [-0.25, -0.2) is 0 Å². The number of benzene rings is 2. The minimum atomic E-state index is -0.181. The summed E-state index contributed by atoms with van der Waals surface area (Å²) in [4.78, 5) is 20.3. The lowest BCUT2D eigenvalue weighted by Crippen LogP contribution is -2.21. The summed E-state index contributed by atoms with van der Waals surface area (Å²) < 4.78 is 0. The van der Waals surface area contributed by atoms with Crippen LogP contribution in [-0.2, 0) is 0 Å². The van der Waals surface area contributed by atoms with Crippen molar-refractivity contribution in [2.24, 2.45) is 0 Å². The zero-order valence-corrected chi connectivity index (χ0v) is 17.3. The van der Waals surface area contributed by atoms with E-state index in [4.69, 9.17) is 0 Å². The average Bonchev–Trinajstić information content (AvgIpc) is 3.18. The van der Waals surface area contributed by atoms with E-state index in [0.29, 0.717) is 11.3 Å². The van der Waals surface area contributed by atoms with E-state index < -0.39 is 0 Å². The summed E-state index contributed by atoms with van der Waals surface area (Å²) in [5.41, 5.74) is 5.77. The molecule has 1 N–H and O–H groups in total. The van der Waals surface area contributed by atoms with Crippen LogP contribution in [0, 0.1) is 6.92 Å². The van der Waals surface area contributed by atoms with Crippen molar-refractivity contribution < 1.29 is 4.79 Å². The molecule has 4 aromatic rings. The van der Waals surface area contributed by atoms with E-state index in [9.17, 15) is 4.79 Å². The van der Waals surface area contributed by atoms with Gasteiger partial charge in [0, 0.05) is 42.4 Å². The van der Waals surface area contributed by atoms with Gasteiger partial charge in [-0.05, 0) is 74.9 Å². The number of aryl methyl sites for hydroxylation is 1. The second-order valence-electron chi connectivity index (χ2n) is 7.02. The Morgan fingerprint density at radius 3 is 2.23 bits per heavy atom. The molecular formula is C23H24N6O. The molecule has 7 heteroatoms. The summed E-state index contributed by atoms with van der Waals surface area (Å²) in [6.45, 7) is 8.17. The molecule has 0 atom stereocenters. The number of fused-ring (bicyclic) bond motifs is 1. The topological polar surface area (TPSA) is 75.9 Å². The van der Waals surface area contributed by atoms with Gasteiger partial charge in [0.2, 0.25) is 0 Å². The van der Waals surface area contributed by atoms with E-state index >= 15 is 0 Å². The third-order valence-electron chi connectivity index (χ3n) is 5.13. The van der Waals surface area contributed by atoms with Gasteiger partial charge in [0.05, 0.1) is 5.69 Å². The Morgan fingerprint density at radius 2 is 1.60 bits per heavy atom. The van der Waals surface area contributed by atoms with E-state index in [0.717, 1.165) is 35.4 Å². The lowest BCUT2D eigenvalue weighted by Gasteiger charge is -2.20. The Kier molecular flexibility index (Phi) is 5.43. The van der Waals surface area contributed by atoms with Gasteiger partial charge in [0.1, 0.15) is 11.0 Å². The first kappa shape index (κ1) is 19.6. The third-order valence-corrected chi connectivity index (χ3v) is 5.13. The lowest BCUT2D eigenvalue weighted by molar-refractivity contribution is 0.102. The number of aromatic nitrogens is 4. The van der Waals surface area contributed by atoms with Gasteiger partial charge >= 0.3 is 0 Å². The highest BCUT2D eigenvalue weighted by Crippen LogP contribution is 2.23. The molecule has 152 valence electrons. The number of anilines is 2. The van der Waals surface area contributed by atoms with Crippen molar-refractivity contribution in [2.75, 3.05) is 23.3 Å². The maximum absolute atomic E-state index is 12.5. The quantitative estimate of drug-likeness (QED) is 0.524. The first-order chi connectivity index (χ1) is 14.6. The Morgan fingerprint density at radius 1 is 0.967 bits per heavy atom.